The Morgan fingerprint density at radius 1 is 1.04 bits per heavy atom. The number of Topliss-reactive ketones (excluding diaryl/α,β-unsaturated/α-hetero) is 1. The molecule has 1 heterocycles. The molecule has 6 nitrogen and oxygen atoms in total. The molecule has 0 aliphatic rings. The van der Waals surface area contributed by atoms with Crippen LogP contribution < -0.4 is 10.6 Å². The van der Waals surface area contributed by atoms with Gasteiger partial charge < -0.3 is 10.6 Å². The van der Waals surface area contributed by atoms with Crippen LogP contribution in [0.3, 0.4) is 0 Å². The smallest absolute Gasteiger partial charge is 0.274 e. The van der Waals surface area contributed by atoms with Crippen LogP contribution in [-0.2, 0) is 6.42 Å². The Hall–Kier alpha value is -3.54. The van der Waals surface area contributed by atoms with Crippen LogP contribution >= 0.6 is 0 Å². The summed E-state index contributed by atoms with van der Waals surface area (Å²) in [5.41, 5.74) is 4.71. The predicted octanol–water partition coefficient (Wildman–Crippen LogP) is 4.55. The number of para-hydroxylation sites is 1. The van der Waals surface area contributed by atoms with Gasteiger partial charge in [-0.15, -0.1) is 0 Å². The van der Waals surface area contributed by atoms with Crippen molar-refractivity contribution in [3.8, 4) is 0 Å². The zero-order valence-electron chi connectivity index (χ0n) is 16.1. The van der Waals surface area contributed by atoms with Gasteiger partial charge in [-0.3, -0.25) is 9.59 Å². The van der Waals surface area contributed by atoms with Crippen LogP contribution in [0.4, 0.5) is 17.2 Å². The number of benzene rings is 2. The Labute approximate surface area is 164 Å². The first kappa shape index (κ1) is 19.2. The number of hydrogen-bond acceptors (Lipinski definition) is 5. The van der Waals surface area contributed by atoms with Crippen molar-refractivity contribution >= 4 is 28.9 Å². The number of anilines is 3. The first-order chi connectivity index (χ1) is 13.5. The maximum atomic E-state index is 12.5. The van der Waals surface area contributed by atoms with E-state index in [1.165, 1.54) is 18.8 Å². The highest BCUT2D eigenvalue weighted by Gasteiger charge is 2.11. The minimum Gasteiger partial charge on any atom is -0.340 e. The predicted molar refractivity (Wildman–Crippen MR) is 110 cm³/mol. The standard InChI is InChI=1S/C22H22N4O2/c1-4-16-7-5-6-14(2)21(16)26-20-12-19(23-13-24-20)22(28)25-18-10-8-17(9-11-18)15(3)27/h5-13H,4H2,1-3H3,(H,25,28)(H,23,24,26). The van der Waals surface area contributed by atoms with Crippen molar-refractivity contribution in [2.45, 2.75) is 27.2 Å². The van der Waals surface area contributed by atoms with Gasteiger partial charge in [-0.1, -0.05) is 25.1 Å². The lowest BCUT2D eigenvalue weighted by atomic mass is 10.1. The van der Waals surface area contributed by atoms with Gasteiger partial charge in [-0.2, -0.15) is 0 Å². The molecule has 142 valence electrons. The lowest BCUT2D eigenvalue weighted by Crippen LogP contribution is -2.14. The van der Waals surface area contributed by atoms with Crippen molar-refractivity contribution in [1.82, 2.24) is 9.97 Å². The van der Waals surface area contributed by atoms with Crippen LogP contribution in [0.1, 0.15) is 45.8 Å². The second-order valence-electron chi connectivity index (χ2n) is 6.46. The monoisotopic (exact) mass is 374 g/mol. The van der Waals surface area contributed by atoms with Crippen LogP contribution in [0, 0.1) is 6.92 Å². The Morgan fingerprint density at radius 3 is 2.46 bits per heavy atom. The van der Waals surface area contributed by atoms with Gasteiger partial charge >= 0.3 is 0 Å². The fourth-order valence-corrected chi connectivity index (χ4v) is 2.86. The van der Waals surface area contributed by atoms with Crippen molar-refractivity contribution in [2.24, 2.45) is 0 Å². The molecule has 0 aliphatic heterocycles. The molecule has 0 saturated carbocycles. The molecule has 0 bridgehead atoms. The van der Waals surface area contributed by atoms with E-state index in [1.54, 1.807) is 30.3 Å². The second kappa shape index (κ2) is 8.43. The van der Waals surface area contributed by atoms with Gasteiger partial charge in [0.1, 0.15) is 17.8 Å². The quantitative estimate of drug-likeness (QED) is 0.619. The fourth-order valence-electron chi connectivity index (χ4n) is 2.86. The van der Waals surface area contributed by atoms with E-state index in [4.69, 9.17) is 0 Å². The summed E-state index contributed by atoms with van der Waals surface area (Å²) in [6, 6.07) is 14.5. The van der Waals surface area contributed by atoms with Crippen LogP contribution in [0.5, 0.6) is 0 Å². The number of aromatic nitrogens is 2. The molecular formula is C22H22N4O2. The Balaban J connectivity index is 1.77. The molecule has 0 radical (unpaired) electrons. The van der Waals surface area contributed by atoms with E-state index in [-0.39, 0.29) is 17.4 Å². The van der Waals surface area contributed by atoms with Crippen molar-refractivity contribution < 1.29 is 9.59 Å². The SMILES string of the molecule is CCc1cccc(C)c1Nc1cc(C(=O)Nc2ccc(C(C)=O)cc2)ncn1. The fraction of sp³-hybridized carbons (Fsp3) is 0.182. The van der Waals surface area contributed by atoms with Gasteiger partial charge in [-0.05, 0) is 55.7 Å². The number of nitrogens with one attached hydrogen (secondary N) is 2. The molecule has 2 N–H and O–H groups in total. The summed E-state index contributed by atoms with van der Waals surface area (Å²) < 4.78 is 0. The summed E-state index contributed by atoms with van der Waals surface area (Å²) in [6.07, 6.45) is 2.25. The van der Waals surface area contributed by atoms with Crippen LogP contribution in [-0.4, -0.2) is 21.7 Å². The molecule has 1 amide bonds. The number of ketones is 1. The van der Waals surface area contributed by atoms with E-state index in [0.29, 0.717) is 17.1 Å². The van der Waals surface area contributed by atoms with E-state index in [9.17, 15) is 9.59 Å². The molecule has 2 aromatic carbocycles. The molecule has 3 aromatic rings. The van der Waals surface area contributed by atoms with Crippen molar-refractivity contribution in [1.29, 1.82) is 0 Å². The molecule has 28 heavy (non-hydrogen) atoms. The summed E-state index contributed by atoms with van der Waals surface area (Å²) in [7, 11) is 0. The summed E-state index contributed by atoms with van der Waals surface area (Å²) >= 11 is 0. The molecule has 6 heteroatoms. The van der Waals surface area contributed by atoms with E-state index < -0.39 is 0 Å². The number of carbonyl (C=O) groups excluding carboxylic acids is 2. The highest BCUT2D eigenvalue weighted by Crippen LogP contribution is 2.24. The van der Waals surface area contributed by atoms with Gasteiger partial charge in [0, 0.05) is 23.0 Å². The largest absolute Gasteiger partial charge is 0.340 e. The van der Waals surface area contributed by atoms with Gasteiger partial charge in [0.15, 0.2) is 5.78 Å². The van der Waals surface area contributed by atoms with E-state index in [0.717, 1.165) is 17.7 Å². The van der Waals surface area contributed by atoms with Crippen molar-refractivity contribution in [2.75, 3.05) is 10.6 Å². The van der Waals surface area contributed by atoms with E-state index in [1.807, 2.05) is 19.1 Å². The van der Waals surface area contributed by atoms with Gasteiger partial charge in [0.2, 0.25) is 0 Å². The average molecular weight is 374 g/mol. The van der Waals surface area contributed by atoms with E-state index >= 15 is 0 Å². The molecule has 0 fully saturated rings. The Morgan fingerprint density at radius 2 is 1.79 bits per heavy atom. The highest BCUT2D eigenvalue weighted by molar-refractivity contribution is 6.03. The maximum Gasteiger partial charge on any atom is 0.274 e. The number of aryl methyl sites for hydroxylation is 2. The number of rotatable bonds is 6. The molecule has 0 atom stereocenters. The minimum absolute atomic E-state index is 0.0213. The number of amides is 1. The van der Waals surface area contributed by atoms with Gasteiger partial charge in [0.25, 0.3) is 5.91 Å². The zero-order valence-corrected chi connectivity index (χ0v) is 16.1. The number of hydrogen-bond donors (Lipinski definition) is 2. The van der Waals surface area contributed by atoms with Crippen molar-refractivity contribution in [3.05, 3.63) is 77.2 Å². The summed E-state index contributed by atoms with van der Waals surface area (Å²) in [5, 5.41) is 6.08. The maximum absolute atomic E-state index is 12.5. The van der Waals surface area contributed by atoms with Crippen molar-refractivity contribution in [3.63, 3.8) is 0 Å². The third-order valence-electron chi connectivity index (χ3n) is 4.44. The molecular weight excluding hydrogens is 352 g/mol. The summed E-state index contributed by atoms with van der Waals surface area (Å²) in [4.78, 5) is 32.2. The molecule has 0 unspecified atom stereocenters. The summed E-state index contributed by atoms with van der Waals surface area (Å²) in [5.74, 6) is 0.185. The van der Waals surface area contributed by atoms with Crippen LogP contribution in [0.25, 0.3) is 0 Å². The molecule has 1 aromatic heterocycles. The van der Waals surface area contributed by atoms with Crippen LogP contribution in [0.15, 0.2) is 54.9 Å². The van der Waals surface area contributed by atoms with Gasteiger partial charge in [-0.25, -0.2) is 9.97 Å². The third kappa shape index (κ3) is 4.40. The Bertz CT molecular complexity index is 1010. The molecule has 3 rings (SSSR count). The molecule has 0 saturated heterocycles. The third-order valence-corrected chi connectivity index (χ3v) is 4.44. The highest BCUT2D eigenvalue weighted by atomic mass is 16.2. The first-order valence-corrected chi connectivity index (χ1v) is 9.08. The average Bonchev–Trinajstić information content (AvgIpc) is 2.70. The van der Waals surface area contributed by atoms with Crippen LogP contribution in [0.2, 0.25) is 0 Å². The summed E-state index contributed by atoms with van der Waals surface area (Å²) in [6.45, 7) is 5.62. The normalized spacial score (nSPS) is 10.4. The number of nitrogens with zero attached hydrogens (tertiary/aromatic N) is 2. The first-order valence-electron chi connectivity index (χ1n) is 9.08. The Kier molecular flexibility index (Phi) is 5.79. The van der Waals surface area contributed by atoms with E-state index in [2.05, 4.69) is 33.6 Å². The molecule has 0 spiro atoms. The number of carbonyl (C=O) groups is 2. The topological polar surface area (TPSA) is 84.0 Å². The minimum atomic E-state index is -0.346. The second-order valence-corrected chi connectivity index (χ2v) is 6.46. The lowest BCUT2D eigenvalue weighted by molar-refractivity contribution is 0.101. The zero-order chi connectivity index (χ0) is 20.1. The molecule has 0 aliphatic carbocycles. The van der Waals surface area contributed by atoms with Gasteiger partial charge in [0.05, 0.1) is 0 Å². The lowest BCUT2D eigenvalue weighted by Gasteiger charge is -2.13.